The number of hydrogen-bond donors (Lipinski definition) is 1. The minimum atomic E-state index is -0.981. The van der Waals surface area contributed by atoms with E-state index in [4.69, 9.17) is 4.74 Å². The average molecular weight is 249 g/mol. The molecule has 1 aromatic heterocycles. The molecule has 1 heterocycles. The number of aromatic amines is 1. The van der Waals surface area contributed by atoms with Gasteiger partial charge in [0, 0.05) is 14.7 Å². The minimum absolute atomic E-state index is 0.660. The molecule has 5 heteroatoms. The molecule has 1 N–H and O–H groups in total. The van der Waals surface area contributed by atoms with Gasteiger partial charge in [-0.2, -0.15) is 15.4 Å². The number of ether oxygens (including phenoxy) is 1. The molecule has 2 aromatic rings. The third-order valence-electron chi connectivity index (χ3n) is 2.65. The molecule has 0 aliphatic carbocycles. The first-order valence-corrected chi connectivity index (χ1v) is 9.62. The summed E-state index contributed by atoms with van der Waals surface area (Å²) in [4.78, 5) is 0. The third-order valence-corrected chi connectivity index (χ3v) is 4.35. The molecule has 17 heavy (non-hydrogen) atoms. The summed E-state index contributed by atoms with van der Waals surface area (Å²) in [6.45, 7) is 8.59. The molecule has 0 saturated heterocycles. The Bertz CT molecular complexity index is 490. The average Bonchev–Trinajstić information content (AvgIpc) is 2.70. The summed E-state index contributed by atoms with van der Waals surface area (Å²) in [5.41, 5.74) is 2.95. The van der Waals surface area contributed by atoms with Crippen molar-refractivity contribution >= 4 is 19.1 Å². The summed E-state index contributed by atoms with van der Waals surface area (Å²) in [7, 11) is -0.981. The molecule has 0 bridgehead atoms. The van der Waals surface area contributed by atoms with Gasteiger partial charge in [0.25, 0.3) is 0 Å². The van der Waals surface area contributed by atoms with E-state index in [1.54, 1.807) is 0 Å². The van der Waals surface area contributed by atoms with E-state index in [0.29, 0.717) is 6.61 Å². The quantitative estimate of drug-likeness (QED) is 0.655. The van der Waals surface area contributed by atoms with Crippen LogP contribution < -0.4 is 0 Å². The van der Waals surface area contributed by atoms with Crippen molar-refractivity contribution in [2.24, 2.45) is 0 Å². The molecule has 0 fully saturated rings. The van der Waals surface area contributed by atoms with Gasteiger partial charge in [-0.1, -0.05) is 25.7 Å². The second-order valence-electron chi connectivity index (χ2n) is 5.51. The third kappa shape index (κ3) is 3.64. The van der Waals surface area contributed by atoms with Crippen LogP contribution in [0, 0.1) is 0 Å². The van der Waals surface area contributed by atoms with Crippen LogP contribution in [0.4, 0.5) is 0 Å². The number of hydrogen-bond acceptors (Lipinski definition) is 3. The van der Waals surface area contributed by atoms with Crippen molar-refractivity contribution in [1.29, 1.82) is 0 Å². The lowest BCUT2D eigenvalue weighted by Crippen LogP contribution is -2.21. The van der Waals surface area contributed by atoms with E-state index in [-0.39, 0.29) is 0 Å². The van der Waals surface area contributed by atoms with E-state index >= 15 is 0 Å². The van der Waals surface area contributed by atoms with Crippen LogP contribution in [0.5, 0.6) is 0 Å². The normalized spacial score (nSPS) is 12.2. The molecule has 1 aromatic carbocycles. The Morgan fingerprint density at radius 3 is 2.71 bits per heavy atom. The molecule has 0 radical (unpaired) electrons. The Hall–Kier alpha value is -1.20. The predicted molar refractivity (Wildman–Crippen MR) is 71.7 cm³/mol. The van der Waals surface area contributed by atoms with Crippen LogP contribution >= 0.6 is 0 Å². The van der Waals surface area contributed by atoms with Gasteiger partial charge in [0.1, 0.15) is 11.0 Å². The fraction of sp³-hybridized carbons (Fsp3) is 0.500. The summed E-state index contributed by atoms with van der Waals surface area (Å²) in [6.07, 6.45) is 0. The fourth-order valence-corrected chi connectivity index (χ4v) is 2.30. The zero-order chi connectivity index (χ0) is 12.3. The molecular formula is C12H19N3OSi. The molecule has 92 valence electrons. The zero-order valence-electron chi connectivity index (χ0n) is 10.7. The summed E-state index contributed by atoms with van der Waals surface area (Å²) in [6, 6.07) is 7.24. The second-order valence-corrected chi connectivity index (χ2v) is 11.1. The molecule has 4 nitrogen and oxygen atoms in total. The van der Waals surface area contributed by atoms with Crippen LogP contribution in [0.2, 0.25) is 25.7 Å². The number of rotatable bonds is 5. The molecule has 2 rings (SSSR count). The van der Waals surface area contributed by atoms with Crippen LogP contribution in [0.15, 0.2) is 18.2 Å². The highest BCUT2D eigenvalue weighted by molar-refractivity contribution is 6.76. The highest BCUT2D eigenvalue weighted by Gasteiger charge is 2.12. The predicted octanol–water partition coefficient (Wildman–Crippen LogP) is 2.81. The lowest BCUT2D eigenvalue weighted by atomic mass is 10.2. The van der Waals surface area contributed by atoms with Gasteiger partial charge >= 0.3 is 0 Å². The van der Waals surface area contributed by atoms with Gasteiger partial charge in [-0.25, -0.2) is 0 Å². The molecule has 0 atom stereocenters. The molecule has 0 amide bonds. The van der Waals surface area contributed by atoms with Crippen molar-refractivity contribution in [3.8, 4) is 0 Å². The van der Waals surface area contributed by atoms with Gasteiger partial charge in [0.15, 0.2) is 0 Å². The Labute approximate surface area is 102 Å². The lowest BCUT2D eigenvalue weighted by Gasteiger charge is -2.15. The van der Waals surface area contributed by atoms with Crippen LogP contribution in [0.25, 0.3) is 11.0 Å². The van der Waals surface area contributed by atoms with Crippen molar-refractivity contribution < 1.29 is 4.74 Å². The van der Waals surface area contributed by atoms with E-state index in [2.05, 4.69) is 35.1 Å². The molecule has 0 unspecified atom stereocenters. The summed E-state index contributed by atoms with van der Waals surface area (Å²) in [5.74, 6) is 0. The standard InChI is InChI=1S/C12H19N3OSi/c1-17(2,3)7-6-16-9-10-4-5-11-12(8-10)14-15-13-11/h4-5,8H,6-7,9H2,1-3H3,(H,13,14,15). The highest BCUT2D eigenvalue weighted by Crippen LogP contribution is 2.12. The largest absolute Gasteiger partial charge is 0.377 e. The maximum absolute atomic E-state index is 5.70. The molecule has 0 saturated carbocycles. The molecule has 0 aliphatic heterocycles. The summed E-state index contributed by atoms with van der Waals surface area (Å²) < 4.78 is 5.70. The maximum Gasteiger partial charge on any atom is 0.113 e. The number of nitrogens with one attached hydrogen (secondary N) is 1. The fourth-order valence-electron chi connectivity index (χ4n) is 1.54. The first-order chi connectivity index (χ1) is 8.04. The summed E-state index contributed by atoms with van der Waals surface area (Å²) >= 11 is 0. The van der Waals surface area contributed by atoms with Crippen molar-refractivity contribution in [2.45, 2.75) is 32.3 Å². The SMILES string of the molecule is C[Si](C)(C)CCOCc1ccc2n[nH]nc2c1. The smallest absolute Gasteiger partial charge is 0.113 e. The molecular weight excluding hydrogens is 230 g/mol. The van der Waals surface area contributed by atoms with E-state index in [9.17, 15) is 0 Å². The monoisotopic (exact) mass is 249 g/mol. The number of H-pyrrole nitrogens is 1. The zero-order valence-corrected chi connectivity index (χ0v) is 11.7. The number of benzene rings is 1. The topological polar surface area (TPSA) is 50.8 Å². The Kier molecular flexibility index (Phi) is 3.59. The Balaban J connectivity index is 1.86. The number of nitrogens with zero attached hydrogens (tertiary/aromatic N) is 2. The van der Waals surface area contributed by atoms with Crippen LogP contribution in [0.1, 0.15) is 5.56 Å². The summed E-state index contributed by atoms with van der Waals surface area (Å²) in [5, 5.41) is 10.7. The van der Waals surface area contributed by atoms with Crippen LogP contribution in [0.3, 0.4) is 0 Å². The highest BCUT2D eigenvalue weighted by atomic mass is 28.3. The molecule has 0 aliphatic rings. The van der Waals surface area contributed by atoms with Gasteiger partial charge in [-0.3, -0.25) is 0 Å². The van der Waals surface area contributed by atoms with Crippen LogP contribution in [-0.4, -0.2) is 30.1 Å². The Morgan fingerprint density at radius 2 is 1.94 bits per heavy atom. The van der Waals surface area contributed by atoms with Crippen molar-refractivity contribution in [2.75, 3.05) is 6.61 Å². The Morgan fingerprint density at radius 1 is 1.18 bits per heavy atom. The minimum Gasteiger partial charge on any atom is -0.377 e. The second kappa shape index (κ2) is 4.97. The van der Waals surface area contributed by atoms with E-state index in [0.717, 1.165) is 23.2 Å². The van der Waals surface area contributed by atoms with Gasteiger partial charge < -0.3 is 4.74 Å². The first kappa shape index (κ1) is 12.3. The lowest BCUT2D eigenvalue weighted by molar-refractivity contribution is 0.133. The van der Waals surface area contributed by atoms with E-state index < -0.39 is 8.07 Å². The van der Waals surface area contributed by atoms with Crippen LogP contribution in [-0.2, 0) is 11.3 Å². The maximum atomic E-state index is 5.70. The first-order valence-electron chi connectivity index (χ1n) is 5.92. The number of fused-ring (bicyclic) bond motifs is 1. The van der Waals surface area contributed by atoms with Gasteiger partial charge in [-0.05, 0) is 23.7 Å². The van der Waals surface area contributed by atoms with Gasteiger partial charge in [0.05, 0.1) is 6.61 Å². The number of aromatic nitrogens is 3. The van der Waals surface area contributed by atoms with Crippen molar-refractivity contribution in [1.82, 2.24) is 15.4 Å². The van der Waals surface area contributed by atoms with Gasteiger partial charge in [-0.15, -0.1) is 0 Å². The van der Waals surface area contributed by atoms with E-state index in [1.165, 1.54) is 6.04 Å². The van der Waals surface area contributed by atoms with Gasteiger partial charge in [0.2, 0.25) is 0 Å². The van der Waals surface area contributed by atoms with Crippen molar-refractivity contribution in [3.05, 3.63) is 23.8 Å². The van der Waals surface area contributed by atoms with Crippen molar-refractivity contribution in [3.63, 3.8) is 0 Å². The van der Waals surface area contributed by atoms with E-state index in [1.807, 2.05) is 18.2 Å². The molecule has 0 spiro atoms.